The van der Waals surface area contributed by atoms with Crippen LogP contribution in [0, 0.1) is 5.41 Å². The highest BCUT2D eigenvalue weighted by molar-refractivity contribution is 5.85. The van der Waals surface area contributed by atoms with Gasteiger partial charge in [-0.05, 0) is 27.2 Å². The lowest BCUT2D eigenvalue weighted by Crippen LogP contribution is -2.36. The van der Waals surface area contributed by atoms with Crippen LogP contribution in [0.4, 0.5) is 0 Å². The molecule has 3 heteroatoms. The van der Waals surface area contributed by atoms with Gasteiger partial charge in [-0.15, -0.1) is 0 Å². The predicted molar refractivity (Wildman–Crippen MR) is 42.0 cm³/mol. The Labute approximate surface area is 66.8 Å². The summed E-state index contributed by atoms with van der Waals surface area (Å²) in [4.78, 5) is 11.3. The van der Waals surface area contributed by atoms with E-state index in [1.165, 1.54) is 0 Å². The van der Waals surface area contributed by atoms with E-state index >= 15 is 0 Å². The van der Waals surface area contributed by atoms with Crippen molar-refractivity contribution < 1.29 is 9.90 Å². The van der Waals surface area contributed by atoms with Crippen LogP contribution in [0.15, 0.2) is 0 Å². The number of aliphatic hydroxyl groups is 1. The number of carbonyl (C=O) groups excluding carboxylic acids is 1. The van der Waals surface area contributed by atoms with Gasteiger partial charge >= 0.3 is 0 Å². The first kappa shape index (κ1) is 8.53. The van der Waals surface area contributed by atoms with E-state index in [9.17, 15) is 4.79 Å². The minimum Gasteiger partial charge on any atom is -0.395 e. The first-order chi connectivity index (χ1) is 4.90. The summed E-state index contributed by atoms with van der Waals surface area (Å²) in [6.45, 7) is 5.65. The van der Waals surface area contributed by atoms with E-state index in [2.05, 4.69) is 5.32 Å². The smallest absolute Gasteiger partial charge is 0.228 e. The molecule has 1 aliphatic rings. The van der Waals surface area contributed by atoms with Crippen molar-refractivity contribution in [1.29, 1.82) is 0 Å². The molecule has 1 aliphatic heterocycles. The molecular weight excluding hydrogens is 142 g/mol. The first-order valence-electron chi connectivity index (χ1n) is 3.83. The van der Waals surface area contributed by atoms with Crippen molar-refractivity contribution in [3.63, 3.8) is 0 Å². The second kappa shape index (κ2) is 2.21. The third-order valence-corrected chi connectivity index (χ3v) is 2.18. The van der Waals surface area contributed by atoms with Crippen molar-refractivity contribution in [2.45, 2.75) is 32.7 Å². The van der Waals surface area contributed by atoms with Gasteiger partial charge in [-0.2, -0.15) is 0 Å². The molecule has 64 valence electrons. The molecule has 2 N–H and O–H groups in total. The summed E-state index contributed by atoms with van der Waals surface area (Å²) in [5.74, 6) is -0.0370. The third-order valence-electron chi connectivity index (χ3n) is 2.18. The molecule has 1 saturated heterocycles. The third kappa shape index (κ3) is 1.38. The van der Waals surface area contributed by atoms with Crippen LogP contribution in [0.1, 0.15) is 27.2 Å². The number of hydrogen-bond acceptors (Lipinski definition) is 2. The molecule has 0 spiro atoms. The number of carbonyl (C=O) groups is 1. The van der Waals surface area contributed by atoms with Gasteiger partial charge in [-0.3, -0.25) is 4.79 Å². The van der Waals surface area contributed by atoms with Gasteiger partial charge in [0.25, 0.3) is 0 Å². The van der Waals surface area contributed by atoms with Crippen molar-refractivity contribution in [2.24, 2.45) is 5.41 Å². The highest BCUT2D eigenvalue weighted by Gasteiger charge is 2.46. The van der Waals surface area contributed by atoms with E-state index in [1.807, 2.05) is 13.8 Å². The van der Waals surface area contributed by atoms with E-state index in [4.69, 9.17) is 5.11 Å². The maximum absolute atomic E-state index is 11.3. The molecule has 1 amide bonds. The van der Waals surface area contributed by atoms with Gasteiger partial charge < -0.3 is 10.4 Å². The van der Waals surface area contributed by atoms with Gasteiger partial charge in [0.05, 0.1) is 12.0 Å². The summed E-state index contributed by atoms with van der Waals surface area (Å²) in [7, 11) is 0. The summed E-state index contributed by atoms with van der Waals surface area (Å²) < 4.78 is 0. The Kier molecular flexibility index (Phi) is 1.71. The Morgan fingerprint density at radius 3 is 2.27 bits per heavy atom. The number of nitrogens with one attached hydrogen (secondary N) is 1. The molecule has 0 aliphatic carbocycles. The molecule has 1 fully saturated rings. The molecule has 0 radical (unpaired) electrons. The van der Waals surface area contributed by atoms with Crippen molar-refractivity contribution in [3.8, 4) is 0 Å². The monoisotopic (exact) mass is 157 g/mol. The largest absolute Gasteiger partial charge is 0.395 e. The van der Waals surface area contributed by atoms with Crippen LogP contribution in [0.2, 0.25) is 0 Å². The van der Waals surface area contributed by atoms with Crippen LogP contribution in [0.5, 0.6) is 0 Å². The standard InChI is InChI=1S/C8H15NO2/c1-7(2)4-8(3,5-10)6(11)9-7/h10H,4-5H2,1-3H3,(H,9,11). The fourth-order valence-electron chi connectivity index (χ4n) is 1.69. The zero-order valence-corrected chi connectivity index (χ0v) is 7.27. The molecule has 0 bridgehead atoms. The molecule has 0 aromatic carbocycles. The zero-order chi connectivity index (χ0) is 8.70. The lowest BCUT2D eigenvalue weighted by Gasteiger charge is -2.19. The molecule has 1 rings (SSSR count). The maximum atomic E-state index is 11.3. The van der Waals surface area contributed by atoms with Gasteiger partial charge in [0.2, 0.25) is 5.91 Å². The molecule has 1 heterocycles. The molecule has 0 saturated carbocycles. The Morgan fingerprint density at radius 2 is 2.09 bits per heavy atom. The molecule has 1 unspecified atom stereocenters. The van der Waals surface area contributed by atoms with E-state index in [0.29, 0.717) is 6.42 Å². The van der Waals surface area contributed by atoms with Crippen molar-refractivity contribution in [3.05, 3.63) is 0 Å². The minimum atomic E-state index is -0.566. The van der Waals surface area contributed by atoms with Gasteiger partial charge in [0.1, 0.15) is 0 Å². The maximum Gasteiger partial charge on any atom is 0.228 e. The zero-order valence-electron chi connectivity index (χ0n) is 7.27. The van der Waals surface area contributed by atoms with E-state index in [-0.39, 0.29) is 18.1 Å². The summed E-state index contributed by atoms with van der Waals surface area (Å²) >= 11 is 0. The molecule has 3 nitrogen and oxygen atoms in total. The highest BCUT2D eigenvalue weighted by Crippen LogP contribution is 2.34. The van der Waals surface area contributed by atoms with Crippen LogP contribution in [0.25, 0.3) is 0 Å². The first-order valence-corrected chi connectivity index (χ1v) is 3.83. The van der Waals surface area contributed by atoms with Crippen molar-refractivity contribution >= 4 is 5.91 Å². The Hall–Kier alpha value is -0.570. The van der Waals surface area contributed by atoms with Crippen LogP contribution >= 0.6 is 0 Å². The highest BCUT2D eigenvalue weighted by atomic mass is 16.3. The summed E-state index contributed by atoms with van der Waals surface area (Å²) in [6.07, 6.45) is 0.704. The Morgan fingerprint density at radius 1 is 1.55 bits per heavy atom. The minimum absolute atomic E-state index is 0.0370. The Bertz CT molecular complexity index is 189. The second-order valence-corrected chi connectivity index (χ2v) is 4.23. The Balaban J connectivity index is 2.82. The summed E-state index contributed by atoms with van der Waals surface area (Å²) in [5, 5.41) is 11.8. The van der Waals surface area contributed by atoms with Crippen LogP contribution in [-0.4, -0.2) is 23.2 Å². The average Bonchev–Trinajstić information content (AvgIpc) is 2.03. The van der Waals surface area contributed by atoms with Gasteiger partial charge in [-0.25, -0.2) is 0 Å². The molecule has 11 heavy (non-hydrogen) atoms. The summed E-state index contributed by atoms with van der Waals surface area (Å²) in [5.41, 5.74) is -0.724. The quantitative estimate of drug-likeness (QED) is 0.574. The topological polar surface area (TPSA) is 49.3 Å². The lowest BCUT2D eigenvalue weighted by molar-refractivity contribution is -0.128. The molecule has 1 atom stereocenters. The predicted octanol–water partition coefficient (Wildman–Crippen LogP) is 0.283. The summed E-state index contributed by atoms with van der Waals surface area (Å²) in [6, 6.07) is 0. The fraction of sp³-hybridized carbons (Fsp3) is 0.875. The van der Waals surface area contributed by atoms with Crippen molar-refractivity contribution in [2.75, 3.05) is 6.61 Å². The molecular formula is C8H15NO2. The molecule has 0 aromatic heterocycles. The number of rotatable bonds is 1. The SMILES string of the molecule is CC1(C)CC(C)(CO)C(=O)N1. The van der Waals surface area contributed by atoms with E-state index in [1.54, 1.807) is 6.92 Å². The van der Waals surface area contributed by atoms with Gasteiger partial charge in [0.15, 0.2) is 0 Å². The number of amides is 1. The second-order valence-electron chi connectivity index (χ2n) is 4.23. The van der Waals surface area contributed by atoms with E-state index in [0.717, 1.165) is 0 Å². The van der Waals surface area contributed by atoms with Gasteiger partial charge in [0, 0.05) is 5.54 Å². The average molecular weight is 157 g/mol. The number of aliphatic hydroxyl groups excluding tert-OH is 1. The lowest BCUT2D eigenvalue weighted by atomic mass is 9.84. The van der Waals surface area contributed by atoms with Gasteiger partial charge in [-0.1, -0.05) is 0 Å². The fourth-order valence-corrected chi connectivity index (χ4v) is 1.69. The van der Waals surface area contributed by atoms with Crippen LogP contribution in [0.3, 0.4) is 0 Å². The van der Waals surface area contributed by atoms with Crippen molar-refractivity contribution in [1.82, 2.24) is 5.32 Å². The molecule has 0 aromatic rings. The normalized spacial score (nSPS) is 35.5. The van der Waals surface area contributed by atoms with Crippen LogP contribution in [-0.2, 0) is 4.79 Å². The van der Waals surface area contributed by atoms with E-state index < -0.39 is 5.41 Å². The number of hydrogen-bond donors (Lipinski definition) is 2. The van der Waals surface area contributed by atoms with Crippen LogP contribution < -0.4 is 5.32 Å².